The lowest BCUT2D eigenvalue weighted by atomic mass is 10.1. The average Bonchev–Trinajstić information content (AvgIpc) is 3.38. The molecule has 0 fully saturated rings. The van der Waals surface area contributed by atoms with Gasteiger partial charge in [0.05, 0.1) is 33.6 Å². The zero-order chi connectivity index (χ0) is 21.8. The number of nitrogens with zero attached hydrogens (tertiary/aromatic N) is 2. The summed E-state index contributed by atoms with van der Waals surface area (Å²) >= 11 is 0. The maximum atomic E-state index is 13.1. The van der Waals surface area contributed by atoms with Gasteiger partial charge in [-0.15, -0.1) is 0 Å². The second-order valence-electron chi connectivity index (χ2n) is 6.82. The van der Waals surface area contributed by atoms with E-state index < -0.39 is 0 Å². The van der Waals surface area contributed by atoms with E-state index in [1.54, 1.807) is 38.3 Å². The summed E-state index contributed by atoms with van der Waals surface area (Å²) in [6.07, 6.45) is 1.62. The van der Waals surface area contributed by atoms with E-state index in [9.17, 15) is 4.79 Å². The zero-order valence-electron chi connectivity index (χ0n) is 17.5. The van der Waals surface area contributed by atoms with Crippen LogP contribution >= 0.6 is 0 Å². The maximum absolute atomic E-state index is 13.1. The first-order valence-corrected chi connectivity index (χ1v) is 9.68. The number of rotatable bonds is 8. The topological polar surface area (TPSA) is 87.8 Å². The second-order valence-corrected chi connectivity index (χ2v) is 6.82. The normalized spacial score (nSPS) is 10.9. The number of furan rings is 1. The Morgan fingerprint density at radius 3 is 2.68 bits per heavy atom. The van der Waals surface area contributed by atoms with Gasteiger partial charge in [-0.1, -0.05) is 30.3 Å². The number of aromatic nitrogens is 2. The maximum Gasteiger partial charge on any atom is 0.292 e. The highest BCUT2D eigenvalue weighted by molar-refractivity contribution is 6.06. The predicted molar refractivity (Wildman–Crippen MR) is 116 cm³/mol. The van der Waals surface area contributed by atoms with Gasteiger partial charge in [-0.3, -0.25) is 4.79 Å². The van der Waals surface area contributed by atoms with Crippen LogP contribution in [-0.4, -0.2) is 37.0 Å². The number of carbonyl (C=O) groups is 1. The quantitative estimate of drug-likeness (QED) is 0.461. The van der Waals surface area contributed by atoms with E-state index in [1.807, 2.05) is 42.5 Å². The smallest absolute Gasteiger partial charge is 0.292 e. The highest BCUT2D eigenvalue weighted by Crippen LogP contribution is 2.32. The van der Waals surface area contributed by atoms with E-state index in [0.29, 0.717) is 35.0 Å². The molecule has 8 heteroatoms. The van der Waals surface area contributed by atoms with Crippen LogP contribution in [0.4, 0.5) is 5.82 Å². The Bertz CT molecular complexity index is 1210. The number of benzene rings is 2. The number of nitrogens with one attached hydrogen (secondary N) is 1. The molecule has 0 bridgehead atoms. The van der Waals surface area contributed by atoms with Crippen molar-refractivity contribution in [1.29, 1.82) is 0 Å². The van der Waals surface area contributed by atoms with Crippen LogP contribution in [0.25, 0.3) is 11.0 Å². The number of methoxy groups -OCH3 is 3. The number of anilines is 1. The second kappa shape index (κ2) is 8.93. The monoisotopic (exact) mass is 421 g/mol. The molecule has 4 aromatic rings. The molecule has 0 saturated carbocycles. The van der Waals surface area contributed by atoms with Crippen LogP contribution in [0.2, 0.25) is 0 Å². The lowest BCUT2D eigenvalue weighted by Crippen LogP contribution is -2.17. The van der Waals surface area contributed by atoms with Gasteiger partial charge in [0.15, 0.2) is 17.3 Å². The molecule has 1 N–H and O–H groups in total. The van der Waals surface area contributed by atoms with Crippen LogP contribution in [0.5, 0.6) is 11.5 Å². The van der Waals surface area contributed by atoms with Gasteiger partial charge in [0.2, 0.25) is 0 Å². The fourth-order valence-electron chi connectivity index (χ4n) is 3.55. The standard InChI is InChI=1S/C23H23N3O5/c1-28-14-17-16-8-4-5-9-18(16)31-22(17)23(27)25-20-11-12-24-26(20)13-15-7-6-10-19(29-2)21(15)30-3/h4-12H,13-14H2,1-3H3,(H,25,27). The minimum atomic E-state index is -0.373. The molecule has 2 heterocycles. The van der Waals surface area contributed by atoms with Crippen molar-refractivity contribution in [3.05, 3.63) is 71.6 Å². The van der Waals surface area contributed by atoms with Crippen LogP contribution in [-0.2, 0) is 17.9 Å². The summed E-state index contributed by atoms with van der Waals surface area (Å²) in [5.41, 5.74) is 2.20. The Hall–Kier alpha value is -3.78. The molecular weight excluding hydrogens is 398 g/mol. The molecule has 2 aromatic heterocycles. The molecule has 1 amide bonds. The van der Waals surface area contributed by atoms with Crippen molar-refractivity contribution in [1.82, 2.24) is 9.78 Å². The first-order chi connectivity index (χ1) is 15.2. The van der Waals surface area contributed by atoms with Crippen molar-refractivity contribution in [3.63, 3.8) is 0 Å². The van der Waals surface area contributed by atoms with Gasteiger partial charge >= 0.3 is 0 Å². The summed E-state index contributed by atoms with van der Waals surface area (Å²) in [4.78, 5) is 13.1. The zero-order valence-corrected chi connectivity index (χ0v) is 17.5. The van der Waals surface area contributed by atoms with Gasteiger partial charge in [-0.25, -0.2) is 4.68 Å². The fraction of sp³-hybridized carbons (Fsp3) is 0.217. The molecule has 8 nitrogen and oxygen atoms in total. The van der Waals surface area contributed by atoms with Gasteiger partial charge in [0.25, 0.3) is 5.91 Å². The summed E-state index contributed by atoms with van der Waals surface area (Å²) in [5, 5.41) is 8.09. The number of carbonyl (C=O) groups excluding carboxylic acids is 1. The van der Waals surface area contributed by atoms with Crippen LogP contribution in [0, 0.1) is 0 Å². The highest BCUT2D eigenvalue weighted by atomic mass is 16.5. The SMILES string of the molecule is COCc1c(C(=O)Nc2ccnn2Cc2cccc(OC)c2OC)oc2ccccc12. The largest absolute Gasteiger partial charge is 0.493 e. The first-order valence-electron chi connectivity index (χ1n) is 9.68. The van der Waals surface area contributed by atoms with Crippen molar-refractivity contribution in [2.75, 3.05) is 26.6 Å². The van der Waals surface area contributed by atoms with Crippen molar-refractivity contribution < 1.29 is 23.4 Å². The lowest BCUT2D eigenvalue weighted by Gasteiger charge is -2.14. The fourth-order valence-corrected chi connectivity index (χ4v) is 3.55. The molecule has 0 spiro atoms. The molecule has 0 saturated heterocycles. The number of hydrogen-bond acceptors (Lipinski definition) is 6. The molecule has 160 valence electrons. The first kappa shape index (κ1) is 20.5. The van der Waals surface area contributed by atoms with Crippen molar-refractivity contribution >= 4 is 22.7 Å². The molecule has 2 aromatic carbocycles. The summed E-state index contributed by atoms with van der Waals surface area (Å²) in [7, 11) is 4.76. The third kappa shape index (κ3) is 3.97. The van der Waals surface area contributed by atoms with Gasteiger partial charge in [0, 0.05) is 29.7 Å². The molecule has 0 radical (unpaired) electrons. The lowest BCUT2D eigenvalue weighted by molar-refractivity contribution is 0.0991. The molecular formula is C23H23N3O5. The van der Waals surface area contributed by atoms with Crippen LogP contribution in [0.3, 0.4) is 0 Å². The minimum Gasteiger partial charge on any atom is -0.493 e. The van der Waals surface area contributed by atoms with Crippen LogP contribution in [0.1, 0.15) is 21.7 Å². The van der Waals surface area contributed by atoms with Gasteiger partial charge in [-0.2, -0.15) is 5.10 Å². The molecule has 0 unspecified atom stereocenters. The molecule has 0 atom stereocenters. The summed E-state index contributed by atoms with van der Waals surface area (Å²) in [6.45, 7) is 0.647. The van der Waals surface area contributed by atoms with E-state index in [1.165, 1.54) is 0 Å². The third-order valence-corrected chi connectivity index (χ3v) is 4.96. The number of amides is 1. The van der Waals surface area contributed by atoms with Gasteiger partial charge in [0.1, 0.15) is 11.4 Å². The third-order valence-electron chi connectivity index (χ3n) is 4.96. The van der Waals surface area contributed by atoms with Crippen LogP contribution in [0.15, 0.2) is 59.1 Å². The van der Waals surface area contributed by atoms with Crippen molar-refractivity contribution in [3.8, 4) is 11.5 Å². The van der Waals surface area contributed by atoms with Crippen molar-refractivity contribution in [2.24, 2.45) is 0 Å². The summed E-state index contributed by atoms with van der Waals surface area (Å²) in [6, 6.07) is 14.8. The number of para-hydroxylation sites is 2. The highest BCUT2D eigenvalue weighted by Gasteiger charge is 2.22. The summed E-state index contributed by atoms with van der Waals surface area (Å²) < 4.78 is 23.7. The van der Waals surface area contributed by atoms with E-state index in [4.69, 9.17) is 18.6 Å². The van der Waals surface area contributed by atoms with E-state index in [-0.39, 0.29) is 18.3 Å². The Morgan fingerprint density at radius 2 is 1.90 bits per heavy atom. The Labute approximate surface area is 179 Å². The van der Waals surface area contributed by atoms with Crippen molar-refractivity contribution in [2.45, 2.75) is 13.2 Å². The van der Waals surface area contributed by atoms with E-state index >= 15 is 0 Å². The van der Waals surface area contributed by atoms with Crippen LogP contribution < -0.4 is 14.8 Å². The molecule has 0 aliphatic heterocycles. The molecule has 0 aliphatic carbocycles. The Morgan fingerprint density at radius 1 is 1.06 bits per heavy atom. The predicted octanol–water partition coefficient (Wildman–Crippen LogP) is 4.09. The summed E-state index contributed by atoms with van der Waals surface area (Å²) in [5.74, 6) is 1.62. The van der Waals surface area contributed by atoms with Gasteiger partial charge in [-0.05, 0) is 12.1 Å². The Kier molecular flexibility index (Phi) is 5.90. The Balaban J connectivity index is 1.62. The van der Waals surface area contributed by atoms with Gasteiger partial charge < -0.3 is 23.9 Å². The number of ether oxygens (including phenoxy) is 3. The number of fused-ring (bicyclic) bond motifs is 1. The molecule has 31 heavy (non-hydrogen) atoms. The minimum absolute atomic E-state index is 0.217. The van der Waals surface area contributed by atoms with E-state index in [0.717, 1.165) is 10.9 Å². The molecule has 0 aliphatic rings. The van der Waals surface area contributed by atoms with E-state index in [2.05, 4.69) is 10.4 Å². The number of hydrogen-bond donors (Lipinski definition) is 1. The molecule has 4 rings (SSSR count). The average molecular weight is 421 g/mol.